The van der Waals surface area contributed by atoms with E-state index in [1.807, 2.05) is 0 Å². The number of halogens is 2. The highest BCUT2D eigenvalue weighted by atomic mass is 79.9. The van der Waals surface area contributed by atoms with Crippen molar-refractivity contribution in [3.63, 3.8) is 0 Å². The van der Waals surface area contributed by atoms with Gasteiger partial charge in [-0.05, 0) is 6.42 Å². The molecule has 0 spiro atoms. The molecule has 0 aliphatic heterocycles. The Morgan fingerprint density at radius 3 is 2.32 bits per heavy atom. The van der Waals surface area contributed by atoms with E-state index in [2.05, 4.69) is 43.8 Å². The maximum Gasteiger partial charge on any atom is 0.328 e. The van der Waals surface area contributed by atoms with Gasteiger partial charge in [0.1, 0.15) is 9.30 Å². The predicted molar refractivity (Wildman–Crippen MR) is 95.3 cm³/mol. The van der Waals surface area contributed by atoms with E-state index in [4.69, 9.17) is 0 Å². The Morgan fingerprint density at radius 2 is 1.73 bits per heavy atom. The van der Waals surface area contributed by atoms with E-state index >= 15 is 0 Å². The minimum atomic E-state index is -0.644. The fraction of sp³-hybridized carbons (Fsp3) is 0.667. The molecule has 5 nitrogen and oxygen atoms in total. The number of nitrogens with one attached hydrogen (secondary N) is 1. The fourth-order valence-electron chi connectivity index (χ4n) is 2.21. The van der Waals surface area contributed by atoms with Crippen molar-refractivity contribution in [2.24, 2.45) is 0 Å². The van der Waals surface area contributed by atoms with Gasteiger partial charge in [0, 0.05) is 12.7 Å². The molecule has 0 aliphatic carbocycles. The molecular formula is C15H22Br2N2O3. The number of ketones is 1. The quantitative estimate of drug-likeness (QED) is 0.345. The van der Waals surface area contributed by atoms with Crippen LogP contribution in [0.2, 0.25) is 0 Å². The Hall–Kier alpha value is -0.690. The van der Waals surface area contributed by atoms with Crippen LogP contribution in [0.3, 0.4) is 0 Å². The molecule has 0 aliphatic rings. The van der Waals surface area contributed by atoms with E-state index in [1.54, 1.807) is 0 Å². The molecule has 1 aromatic heterocycles. The van der Waals surface area contributed by atoms with Crippen LogP contribution < -0.4 is 11.2 Å². The first kappa shape index (κ1) is 19.4. The van der Waals surface area contributed by atoms with Gasteiger partial charge < -0.3 is 0 Å². The minimum absolute atomic E-state index is 0.0127. The molecule has 0 saturated heterocycles. The zero-order chi connectivity index (χ0) is 16.5. The SMILES string of the molecule is CCCCCCCCCn1cc(C(=O)C(Br)Br)c(=O)[nH]c1=O. The Labute approximate surface area is 146 Å². The van der Waals surface area contributed by atoms with Crippen molar-refractivity contribution in [1.82, 2.24) is 9.55 Å². The zero-order valence-corrected chi connectivity index (χ0v) is 15.9. The average molecular weight is 438 g/mol. The van der Waals surface area contributed by atoms with Crippen molar-refractivity contribution in [3.05, 3.63) is 32.6 Å². The first-order valence-electron chi connectivity index (χ1n) is 7.63. The normalized spacial score (nSPS) is 11.1. The van der Waals surface area contributed by atoms with E-state index in [1.165, 1.54) is 36.4 Å². The molecule has 7 heteroatoms. The first-order chi connectivity index (χ1) is 10.5. The molecule has 0 bridgehead atoms. The van der Waals surface area contributed by atoms with E-state index < -0.39 is 20.8 Å². The van der Waals surface area contributed by atoms with Crippen LogP contribution in [0.1, 0.15) is 62.2 Å². The molecule has 22 heavy (non-hydrogen) atoms. The topological polar surface area (TPSA) is 71.9 Å². The highest BCUT2D eigenvalue weighted by Gasteiger charge is 2.18. The lowest BCUT2D eigenvalue weighted by atomic mass is 10.1. The number of unbranched alkanes of at least 4 members (excludes halogenated alkanes) is 6. The number of hydrogen-bond acceptors (Lipinski definition) is 3. The second-order valence-electron chi connectivity index (χ2n) is 5.28. The molecule has 0 radical (unpaired) electrons. The van der Waals surface area contributed by atoms with E-state index in [0.29, 0.717) is 6.54 Å². The van der Waals surface area contributed by atoms with Crippen LogP contribution in [0.15, 0.2) is 15.8 Å². The van der Waals surface area contributed by atoms with Crippen molar-refractivity contribution in [1.29, 1.82) is 0 Å². The summed E-state index contributed by atoms with van der Waals surface area (Å²) in [6.07, 6.45) is 9.37. The number of aryl methyl sites for hydroxylation is 1. The maximum absolute atomic E-state index is 11.9. The van der Waals surface area contributed by atoms with Crippen LogP contribution in [-0.2, 0) is 6.54 Å². The van der Waals surface area contributed by atoms with E-state index in [9.17, 15) is 14.4 Å². The van der Waals surface area contributed by atoms with Crippen molar-refractivity contribution < 1.29 is 4.79 Å². The van der Waals surface area contributed by atoms with Gasteiger partial charge in [0.25, 0.3) is 5.56 Å². The molecule has 0 atom stereocenters. The molecule has 0 unspecified atom stereocenters. The summed E-state index contributed by atoms with van der Waals surface area (Å²) in [7, 11) is 0. The molecular weight excluding hydrogens is 416 g/mol. The van der Waals surface area contributed by atoms with Gasteiger partial charge in [0.05, 0.1) is 0 Å². The van der Waals surface area contributed by atoms with E-state index in [-0.39, 0.29) is 5.56 Å². The summed E-state index contributed by atoms with van der Waals surface area (Å²) in [5, 5.41) is 0. The van der Waals surface area contributed by atoms with Crippen molar-refractivity contribution in [2.45, 2.75) is 62.2 Å². The molecule has 1 heterocycles. The Kier molecular flexibility index (Phi) is 8.93. The molecule has 1 N–H and O–H groups in total. The third-order valence-corrected chi connectivity index (χ3v) is 4.31. The summed E-state index contributed by atoms with van der Waals surface area (Å²) in [6, 6.07) is 0. The van der Waals surface area contributed by atoms with Crippen LogP contribution >= 0.6 is 31.9 Å². The number of aromatic amines is 1. The lowest BCUT2D eigenvalue weighted by Gasteiger charge is -2.07. The number of carbonyl (C=O) groups is 1. The van der Waals surface area contributed by atoms with Gasteiger partial charge in [-0.25, -0.2) is 4.79 Å². The average Bonchev–Trinajstić information content (AvgIpc) is 2.47. The van der Waals surface area contributed by atoms with Crippen LogP contribution in [0.5, 0.6) is 0 Å². The second kappa shape index (κ2) is 10.2. The molecule has 1 rings (SSSR count). The van der Waals surface area contributed by atoms with Crippen LogP contribution in [0.25, 0.3) is 0 Å². The summed E-state index contributed by atoms with van der Waals surface area (Å²) < 4.78 is 0.772. The first-order valence-corrected chi connectivity index (χ1v) is 9.46. The van der Waals surface area contributed by atoms with Gasteiger partial charge in [-0.2, -0.15) is 0 Å². The van der Waals surface area contributed by atoms with Crippen molar-refractivity contribution >= 4 is 37.6 Å². The Morgan fingerprint density at radius 1 is 1.14 bits per heavy atom. The van der Waals surface area contributed by atoms with Gasteiger partial charge in [-0.3, -0.25) is 19.1 Å². The van der Waals surface area contributed by atoms with Gasteiger partial charge in [0.2, 0.25) is 0 Å². The third kappa shape index (κ3) is 6.20. The maximum atomic E-state index is 11.9. The highest BCUT2D eigenvalue weighted by molar-refractivity contribution is 9.25. The number of nitrogens with zero attached hydrogens (tertiary/aromatic N) is 1. The Balaban J connectivity index is 2.60. The summed E-state index contributed by atoms with van der Waals surface area (Å²) >= 11 is 6.15. The summed E-state index contributed by atoms with van der Waals surface area (Å²) in [4.78, 5) is 37.5. The standard InChI is InChI=1S/C15H22Br2N2O3/c1-2-3-4-5-6-7-8-9-19-10-11(12(20)13(16)17)14(21)18-15(19)22/h10,13H,2-9H2,1H3,(H,18,21,22). The fourth-order valence-corrected chi connectivity index (χ4v) is 2.70. The number of alkyl halides is 2. The van der Waals surface area contributed by atoms with Gasteiger partial charge in [-0.15, -0.1) is 0 Å². The monoisotopic (exact) mass is 436 g/mol. The minimum Gasteiger partial charge on any atom is -0.300 e. The number of aromatic nitrogens is 2. The zero-order valence-electron chi connectivity index (χ0n) is 12.7. The largest absolute Gasteiger partial charge is 0.328 e. The second-order valence-corrected chi connectivity index (χ2v) is 8.34. The molecule has 0 saturated carbocycles. The van der Waals surface area contributed by atoms with Crippen molar-refractivity contribution in [3.8, 4) is 0 Å². The van der Waals surface area contributed by atoms with Gasteiger partial charge in [0.15, 0.2) is 5.78 Å². The van der Waals surface area contributed by atoms with Crippen LogP contribution in [0, 0.1) is 0 Å². The molecule has 124 valence electrons. The smallest absolute Gasteiger partial charge is 0.300 e. The lowest BCUT2D eigenvalue weighted by Crippen LogP contribution is -2.34. The summed E-state index contributed by atoms with van der Waals surface area (Å²) in [5.74, 6) is -0.394. The van der Waals surface area contributed by atoms with E-state index in [0.717, 1.165) is 19.3 Å². The number of rotatable bonds is 10. The highest BCUT2D eigenvalue weighted by Crippen LogP contribution is 2.13. The number of hydrogen-bond donors (Lipinski definition) is 1. The molecule has 0 fully saturated rings. The summed E-state index contributed by atoms with van der Waals surface area (Å²) in [6.45, 7) is 2.70. The molecule has 0 amide bonds. The third-order valence-electron chi connectivity index (χ3n) is 3.48. The number of carbonyl (C=O) groups excluding carboxylic acids is 1. The lowest BCUT2D eigenvalue weighted by molar-refractivity contribution is 0.101. The summed E-state index contributed by atoms with van der Waals surface area (Å²) in [5.41, 5.74) is -1.12. The van der Waals surface area contributed by atoms with Crippen molar-refractivity contribution in [2.75, 3.05) is 0 Å². The van der Waals surface area contributed by atoms with Gasteiger partial charge >= 0.3 is 5.69 Å². The van der Waals surface area contributed by atoms with Crippen LogP contribution in [0.4, 0.5) is 0 Å². The molecule has 1 aromatic rings. The van der Waals surface area contributed by atoms with Crippen LogP contribution in [-0.4, -0.2) is 19.1 Å². The molecule has 0 aromatic carbocycles. The van der Waals surface area contributed by atoms with Gasteiger partial charge in [-0.1, -0.05) is 77.3 Å². The number of H-pyrrole nitrogens is 1. The Bertz CT molecular complexity index is 593. The predicted octanol–water partition coefficient (Wildman–Crippen LogP) is 3.59. The number of Topliss-reactive ketones (excluding diaryl/α,β-unsaturated/α-hetero) is 1.